The lowest BCUT2D eigenvalue weighted by molar-refractivity contribution is -0.0683. The van der Waals surface area contributed by atoms with Gasteiger partial charge in [-0.2, -0.15) is 0 Å². The van der Waals surface area contributed by atoms with Gasteiger partial charge in [-0.05, 0) is 20.8 Å². The van der Waals surface area contributed by atoms with Crippen molar-refractivity contribution in [2.45, 2.75) is 51.2 Å². The standard InChI is InChI=1S/C11H21BO4/c1-5-14-10-9(13-4)8(16-11(10)12)6-15-7(2)3/h7-11H,5-6H2,1-4H3/t8-,9?,10?,11-/m1/s1. The molecule has 0 aromatic carbocycles. The Hall–Kier alpha value is -0.0951. The molecule has 1 rings (SSSR count). The zero-order valence-electron chi connectivity index (χ0n) is 10.5. The van der Waals surface area contributed by atoms with Gasteiger partial charge in [-0.1, -0.05) is 0 Å². The highest BCUT2D eigenvalue weighted by Crippen LogP contribution is 2.25. The zero-order chi connectivity index (χ0) is 12.1. The fourth-order valence-corrected chi connectivity index (χ4v) is 1.84. The predicted molar refractivity (Wildman–Crippen MR) is 61.7 cm³/mol. The van der Waals surface area contributed by atoms with Gasteiger partial charge >= 0.3 is 0 Å². The Labute approximate surface area is 99.0 Å². The second-order valence-corrected chi connectivity index (χ2v) is 4.14. The first kappa shape index (κ1) is 14.0. The molecule has 1 aliphatic heterocycles. The van der Waals surface area contributed by atoms with E-state index in [1.807, 2.05) is 20.8 Å². The smallest absolute Gasteiger partial charge is 0.113 e. The summed E-state index contributed by atoms with van der Waals surface area (Å²) in [6.07, 6.45) is -0.355. The van der Waals surface area contributed by atoms with Gasteiger partial charge in [0.1, 0.15) is 26.2 Å². The Morgan fingerprint density at radius 3 is 2.50 bits per heavy atom. The fourth-order valence-electron chi connectivity index (χ4n) is 1.84. The Bertz CT molecular complexity index is 200. The Morgan fingerprint density at radius 1 is 1.31 bits per heavy atom. The van der Waals surface area contributed by atoms with Crippen molar-refractivity contribution in [1.82, 2.24) is 0 Å². The van der Waals surface area contributed by atoms with Crippen LogP contribution in [0.15, 0.2) is 0 Å². The average molecular weight is 228 g/mol. The van der Waals surface area contributed by atoms with E-state index in [1.165, 1.54) is 0 Å². The summed E-state index contributed by atoms with van der Waals surface area (Å²) in [5, 5.41) is 0. The summed E-state index contributed by atoms with van der Waals surface area (Å²) in [5.74, 6) is 0. The maximum Gasteiger partial charge on any atom is 0.113 e. The Balaban J connectivity index is 2.52. The van der Waals surface area contributed by atoms with E-state index in [9.17, 15) is 0 Å². The Morgan fingerprint density at radius 2 is 2.00 bits per heavy atom. The van der Waals surface area contributed by atoms with Crippen molar-refractivity contribution in [1.29, 1.82) is 0 Å². The Kier molecular flexibility index (Phi) is 5.76. The predicted octanol–water partition coefficient (Wildman–Crippen LogP) is 0.725. The van der Waals surface area contributed by atoms with E-state index in [1.54, 1.807) is 7.11 Å². The first-order chi connectivity index (χ1) is 7.60. The molecule has 92 valence electrons. The molecule has 2 radical (unpaired) electrons. The molecule has 1 saturated heterocycles. The molecule has 0 amide bonds. The molecular weight excluding hydrogens is 207 g/mol. The van der Waals surface area contributed by atoms with Gasteiger partial charge in [0.25, 0.3) is 0 Å². The minimum Gasteiger partial charge on any atom is -0.377 e. The van der Waals surface area contributed by atoms with Gasteiger partial charge in [-0.3, -0.25) is 0 Å². The van der Waals surface area contributed by atoms with E-state index < -0.39 is 6.00 Å². The van der Waals surface area contributed by atoms with E-state index >= 15 is 0 Å². The normalized spacial score (nSPS) is 34.8. The van der Waals surface area contributed by atoms with Crippen LogP contribution in [0.1, 0.15) is 20.8 Å². The molecule has 1 fully saturated rings. The maximum atomic E-state index is 5.85. The molecule has 16 heavy (non-hydrogen) atoms. The second-order valence-electron chi connectivity index (χ2n) is 4.14. The van der Waals surface area contributed by atoms with Crippen molar-refractivity contribution in [3.8, 4) is 0 Å². The highest BCUT2D eigenvalue weighted by molar-refractivity contribution is 6.11. The molecular formula is C11H21BO4. The van der Waals surface area contributed by atoms with Crippen molar-refractivity contribution < 1.29 is 18.9 Å². The largest absolute Gasteiger partial charge is 0.377 e. The number of hydrogen-bond acceptors (Lipinski definition) is 4. The molecule has 4 atom stereocenters. The van der Waals surface area contributed by atoms with Crippen LogP contribution in [0, 0.1) is 0 Å². The van der Waals surface area contributed by atoms with Crippen LogP contribution in [0.2, 0.25) is 0 Å². The number of ether oxygens (including phenoxy) is 4. The van der Waals surface area contributed by atoms with Crippen LogP contribution in [-0.4, -0.2) is 58.6 Å². The lowest BCUT2D eigenvalue weighted by Crippen LogP contribution is -2.38. The molecule has 1 aliphatic rings. The minimum atomic E-state index is -0.439. The molecule has 4 nitrogen and oxygen atoms in total. The molecule has 2 unspecified atom stereocenters. The highest BCUT2D eigenvalue weighted by Gasteiger charge is 2.42. The third-order valence-electron chi connectivity index (χ3n) is 2.57. The molecule has 0 aromatic heterocycles. The zero-order valence-corrected chi connectivity index (χ0v) is 10.5. The minimum absolute atomic E-state index is 0.154. The van der Waals surface area contributed by atoms with Crippen LogP contribution < -0.4 is 0 Å². The average Bonchev–Trinajstić information content (AvgIpc) is 2.53. The van der Waals surface area contributed by atoms with Gasteiger partial charge < -0.3 is 18.9 Å². The van der Waals surface area contributed by atoms with Crippen LogP contribution in [0.25, 0.3) is 0 Å². The molecule has 1 heterocycles. The third kappa shape index (κ3) is 3.45. The molecule has 0 spiro atoms. The molecule has 0 aromatic rings. The summed E-state index contributed by atoms with van der Waals surface area (Å²) in [6.45, 7) is 6.97. The van der Waals surface area contributed by atoms with Gasteiger partial charge in [-0.25, -0.2) is 0 Å². The van der Waals surface area contributed by atoms with E-state index in [4.69, 9.17) is 26.8 Å². The second kappa shape index (κ2) is 6.59. The van der Waals surface area contributed by atoms with E-state index in [0.717, 1.165) is 0 Å². The van der Waals surface area contributed by atoms with E-state index in [2.05, 4.69) is 0 Å². The van der Waals surface area contributed by atoms with Crippen molar-refractivity contribution in [2.75, 3.05) is 20.3 Å². The first-order valence-corrected chi connectivity index (χ1v) is 5.77. The number of rotatable bonds is 6. The summed E-state index contributed by atoms with van der Waals surface area (Å²) in [7, 11) is 7.48. The van der Waals surface area contributed by atoms with Crippen LogP contribution >= 0.6 is 0 Å². The summed E-state index contributed by atoms with van der Waals surface area (Å²) >= 11 is 0. The lowest BCUT2D eigenvalue weighted by atomic mass is 9.93. The van der Waals surface area contributed by atoms with Crippen LogP contribution in [0.4, 0.5) is 0 Å². The monoisotopic (exact) mass is 228 g/mol. The van der Waals surface area contributed by atoms with Crippen LogP contribution in [-0.2, 0) is 18.9 Å². The van der Waals surface area contributed by atoms with Crippen molar-refractivity contribution in [2.24, 2.45) is 0 Å². The number of hydrogen-bond donors (Lipinski definition) is 0. The summed E-state index contributed by atoms with van der Waals surface area (Å²) in [5.41, 5.74) is 0. The molecule has 0 saturated carbocycles. The van der Waals surface area contributed by atoms with Crippen molar-refractivity contribution in [3.05, 3.63) is 0 Å². The highest BCUT2D eigenvalue weighted by atomic mass is 16.6. The first-order valence-electron chi connectivity index (χ1n) is 5.77. The van der Waals surface area contributed by atoms with Crippen molar-refractivity contribution >= 4 is 7.85 Å². The fraction of sp³-hybridized carbons (Fsp3) is 1.00. The SMILES string of the molecule is [B][C@@H]1O[C@H](COC(C)C)C(OC)C1OCC. The molecule has 0 bridgehead atoms. The summed E-state index contributed by atoms with van der Waals surface area (Å²) in [4.78, 5) is 0. The molecule has 0 aliphatic carbocycles. The molecule has 5 heteroatoms. The summed E-state index contributed by atoms with van der Waals surface area (Å²) in [6, 6.07) is -0.439. The quantitative estimate of drug-likeness (QED) is 0.628. The summed E-state index contributed by atoms with van der Waals surface area (Å²) < 4.78 is 22.0. The topological polar surface area (TPSA) is 36.9 Å². The number of methoxy groups -OCH3 is 1. The van der Waals surface area contributed by atoms with Gasteiger partial charge in [0.15, 0.2) is 0 Å². The lowest BCUT2D eigenvalue weighted by Gasteiger charge is -2.22. The van der Waals surface area contributed by atoms with Crippen LogP contribution in [0.3, 0.4) is 0 Å². The van der Waals surface area contributed by atoms with E-state index in [0.29, 0.717) is 13.2 Å². The van der Waals surface area contributed by atoms with Gasteiger partial charge in [0.05, 0.1) is 12.7 Å². The van der Waals surface area contributed by atoms with E-state index in [-0.39, 0.29) is 24.4 Å². The third-order valence-corrected chi connectivity index (χ3v) is 2.57. The van der Waals surface area contributed by atoms with Gasteiger partial charge in [0.2, 0.25) is 0 Å². The maximum absolute atomic E-state index is 5.85. The van der Waals surface area contributed by atoms with Crippen LogP contribution in [0.5, 0.6) is 0 Å². The van der Waals surface area contributed by atoms with Crippen molar-refractivity contribution in [3.63, 3.8) is 0 Å². The molecule has 0 N–H and O–H groups in total. The van der Waals surface area contributed by atoms with Gasteiger partial charge in [-0.15, -0.1) is 0 Å². The van der Waals surface area contributed by atoms with Gasteiger partial charge in [0, 0.05) is 19.7 Å².